The number of benzene rings is 3. The molecule has 3 unspecified atom stereocenters. The number of likely N-dealkylation sites (tertiary alicyclic amines) is 2. The third-order valence-corrected chi connectivity index (χ3v) is 8.53. The van der Waals surface area contributed by atoms with E-state index in [1.807, 2.05) is 54.6 Å². The van der Waals surface area contributed by atoms with E-state index in [9.17, 15) is 19.5 Å². The molecule has 3 aromatic carbocycles. The van der Waals surface area contributed by atoms with Gasteiger partial charge < -0.3 is 20.1 Å². The van der Waals surface area contributed by atoms with Crippen LogP contribution in [0.1, 0.15) is 35.4 Å². The summed E-state index contributed by atoms with van der Waals surface area (Å²) in [6, 6.07) is 25.3. The fraction of sp³-hybridized carbons (Fsp3) is 0.364. The van der Waals surface area contributed by atoms with E-state index in [2.05, 4.69) is 34.5 Å². The predicted octanol–water partition coefficient (Wildman–Crippen LogP) is 4.35. The molecule has 3 atom stereocenters. The molecule has 2 fully saturated rings. The van der Waals surface area contributed by atoms with Gasteiger partial charge in [0.2, 0.25) is 5.91 Å². The number of ether oxygens (including phenoxy) is 1. The van der Waals surface area contributed by atoms with Crippen molar-refractivity contribution in [3.05, 3.63) is 95.6 Å². The molecule has 3 aromatic rings. The van der Waals surface area contributed by atoms with E-state index in [0.717, 1.165) is 48.3 Å². The lowest BCUT2D eigenvalue weighted by molar-refractivity contribution is -0.144. The summed E-state index contributed by atoms with van der Waals surface area (Å²) < 4.78 is 5.61. The highest BCUT2D eigenvalue weighted by atomic mass is 16.5. The van der Waals surface area contributed by atoms with Gasteiger partial charge in [0.25, 0.3) is 0 Å². The number of amides is 2. The number of carbonyl (C=O) groups excluding carboxylic acids is 2. The molecule has 3 aliphatic rings. The standard InChI is InChI=1S/C33H35N3O5/c37-31(38)15-30(32(39)36-19-23-14-24(20-36)18-35(17-23)16-22-8-2-1-3-9-22)34-33(40)41-21-29-27-12-6-4-10-25(27)26-11-5-7-13-28(26)29/h1-13,23-24,29-30H,14-21H2,(H,34,40)(H,37,38). The van der Waals surface area contributed by atoms with Gasteiger partial charge in [-0.25, -0.2) is 4.79 Å². The number of aliphatic carboxylic acids is 1. The van der Waals surface area contributed by atoms with Gasteiger partial charge in [0.1, 0.15) is 12.6 Å². The summed E-state index contributed by atoms with van der Waals surface area (Å²) in [4.78, 5) is 42.3. The van der Waals surface area contributed by atoms with Gasteiger partial charge in [0, 0.05) is 38.6 Å². The van der Waals surface area contributed by atoms with Crippen LogP contribution >= 0.6 is 0 Å². The molecule has 41 heavy (non-hydrogen) atoms. The lowest BCUT2D eigenvalue weighted by Gasteiger charge is -2.46. The Hall–Kier alpha value is -4.17. The van der Waals surface area contributed by atoms with Gasteiger partial charge in [-0.15, -0.1) is 0 Å². The molecule has 2 bridgehead atoms. The van der Waals surface area contributed by atoms with Crippen LogP contribution in [-0.4, -0.2) is 71.7 Å². The van der Waals surface area contributed by atoms with E-state index in [-0.39, 0.29) is 18.4 Å². The van der Waals surface area contributed by atoms with Gasteiger partial charge in [-0.3, -0.25) is 14.5 Å². The van der Waals surface area contributed by atoms with Crippen molar-refractivity contribution in [3.8, 4) is 11.1 Å². The van der Waals surface area contributed by atoms with Crippen LogP contribution in [0.2, 0.25) is 0 Å². The monoisotopic (exact) mass is 553 g/mol. The first kappa shape index (κ1) is 27.0. The molecule has 2 saturated heterocycles. The van der Waals surface area contributed by atoms with Crippen molar-refractivity contribution < 1.29 is 24.2 Å². The molecule has 2 N–H and O–H groups in total. The highest BCUT2D eigenvalue weighted by Crippen LogP contribution is 2.44. The van der Waals surface area contributed by atoms with Crippen LogP contribution in [0.3, 0.4) is 0 Å². The fourth-order valence-electron chi connectivity index (χ4n) is 6.92. The fourth-order valence-corrected chi connectivity index (χ4v) is 6.92. The second-order valence-corrected chi connectivity index (χ2v) is 11.5. The topological polar surface area (TPSA) is 99.2 Å². The number of hydrogen-bond donors (Lipinski definition) is 2. The number of nitrogens with zero attached hydrogens (tertiary/aromatic N) is 2. The Kier molecular flexibility index (Phi) is 7.74. The summed E-state index contributed by atoms with van der Waals surface area (Å²) in [5.41, 5.74) is 5.68. The summed E-state index contributed by atoms with van der Waals surface area (Å²) in [6.45, 7) is 3.87. The number of nitrogens with one attached hydrogen (secondary N) is 1. The molecule has 2 aliphatic heterocycles. The van der Waals surface area contributed by atoms with Crippen LogP contribution in [0.5, 0.6) is 0 Å². The molecule has 0 aromatic heterocycles. The second-order valence-electron chi connectivity index (χ2n) is 11.5. The van der Waals surface area contributed by atoms with Gasteiger partial charge in [-0.05, 0) is 46.1 Å². The molecule has 8 nitrogen and oxygen atoms in total. The maximum atomic E-state index is 13.5. The zero-order valence-electron chi connectivity index (χ0n) is 22.9. The third-order valence-electron chi connectivity index (χ3n) is 8.53. The Balaban J connectivity index is 1.07. The number of carbonyl (C=O) groups is 3. The van der Waals surface area contributed by atoms with Crippen LogP contribution in [0.15, 0.2) is 78.9 Å². The molecule has 0 saturated carbocycles. The van der Waals surface area contributed by atoms with Crippen LogP contribution in [0, 0.1) is 11.8 Å². The largest absolute Gasteiger partial charge is 0.481 e. The van der Waals surface area contributed by atoms with Crippen LogP contribution in [-0.2, 0) is 20.9 Å². The Morgan fingerprint density at radius 2 is 1.41 bits per heavy atom. The van der Waals surface area contributed by atoms with E-state index in [1.165, 1.54) is 5.56 Å². The molecule has 2 heterocycles. The van der Waals surface area contributed by atoms with Crippen LogP contribution in [0.25, 0.3) is 11.1 Å². The summed E-state index contributed by atoms with van der Waals surface area (Å²) in [5.74, 6) is -0.993. The maximum absolute atomic E-state index is 13.5. The molecular formula is C33H35N3O5. The van der Waals surface area contributed by atoms with Gasteiger partial charge in [0.15, 0.2) is 0 Å². The first-order valence-corrected chi connectivity index (χ1v) is 14.3. The summed E-state index contributed by atoms with van der Waals surface area (Å²) in [5, 5.41) is 12.1. The number of hydrogen-bond acceptors (Lipinski definition) is 5. The number of carboxylic acids is 1. The Bertz CT molecular complexity index is 1370. The first-order chi connectivity index (χ1) is 19.9. The average molecular weight is 554 g/mol. The van der Waals surface area contributed by atoms with Gasteiger partial charge in [-0.1, -0.05) is 78.9 Å². The van der Waals surface area contributed by atoms with E-state index >= 15 is 0 Å². The normalized spacial score (nSPS) is 20.5. The number of rotatable bonds is 8. The molecular weight excluding hydrogens is 518 g/mol. The van der Waals surface area contributed by atoms with Crippen molar-refractivity contribution >= 4 is 18.0 Å². The lowest BCUT2D eigenvalue weighted by Crippen LogP contribution is -2.58. The van der Waals surface area contributed by atoms with Gasteiger partial charge in [0.05, 0.1) is 6.42 Å². The van der Waals surface area contributed by atoms with Gasteiger partial charge >= 0.3 is 12.1 Å². The van der Waals surface area contributed by atoms with Crippen molar-refractivity contribution in [1.29, 1.82) is 0 Å². The Morgan fingerprint density at radius 3 is 2.02 bits per heavy atom. The maximum Gasteiger partial charge on any atom is 0.407 e. The summed E-state index contributed by atoms with van der Waals surface area (Å²) in [6.07, 6.45) is -0.217. The molecule has 6 rings (SSSR count). The predicted molar refractivity (Wildman–Crippen MR) is 154 cm³/mol. The zero-order chi connectivity index (χ0) is 28.3. The van der Waals surface area contributed by atoms with Crippen molar-refractivity contribution in [2.75, 3.05) is 32.8 Å². The molecule has 1 aliphatic carbocycles. The van der Waals surface area contributed by atoms with E-state index in [4.69, 9.17) is 4.74 Å². The summed E-state index contributed by atoms with van der Waals surface area (Å²) >= 11 is 0. The first-order valence-electron chi connectivity index (χ1n) is 14.3. The number of fused-ring (bicyclic) bond motifs is 5. The SMILES string of the molecule is O=C(O)CC(NC(=O)OCC1c2ccccc2-c2ccccc21)C(=O)N1CC2CC(CN(Cc3ccccc3)C2)C1. The van der Waals surface area contributed by atoms with Gasteiger partial charge in [-0.2, -0.15) is 0 Å². The Labute approximate surface area is 239 Å². The highest BCUT2D eigenvalue weighted by Gasteiger charge is 2.39. The van der Waals surface area contributed by atoms with E-state index in [0.29, 0.717) is 24.9 Å². The Morgan fingerprint density at radius 1 is 0.829 bits per heavy atom. The van der Waals surface area contributed by atoms with Crippen molar-refractivity contribution in [2.24, 2.45) is 11.8 Å². The minimum absolute atomic E-state index is 0.0962. The highest BCUT2D eigenvalue weighted by molar-refractivity contribution is 5.89. The molecule has 0 spiro atoms. The number of carboxylic acid groups (broad SMARTS) is 1. The third kappa shape index (κ3) is 5.98. The number of alkyl carbamates (subject to hydrolysis) is 1. The van der Waals surface area contributed by atoms with Crippen molar-refractivity contribution in [3.63, 3.8) is 0 Å². The smallest absolute Gasteiger partial charge is 0.407 e. The zero-order valence-corrected chi connectivity index (χ0v) is 22.9. The molecule has 212 valence electrons. The lowest BCUT2D eigenvalue weighted by atomic mass is 9.84. The van der Waals surface area contributed by atoms with Crippen molar-refractivity contribution in [2.45, 2.75) is 31.3 Å². The van der Waals surface area contributed by atoms with E-state index in [1.54, 1.807) is 4.90 Å². The van der Waals surface area contributed by atoms with E-state index < -0.39 is 24.5 Å². The molecule has 8 heteroatoms. The van der Waals surface area contributed by atoms with Crippen LogP contribution < -0.4 is 5.32 Å². The quantitative estimate of drug-likeness (QED) is 0.431. The summed E-state index contributed by atoms with van der Waals surface area (Å²) in [7, 11) is 0. The minimum Gasteiger partial charge on any atom is -0.481 e. The molecule has 2 amide bonds. The minimum atomic E-state index is -1.18. The van der Waals surface area contributed by atoms with Crippen LogP contribution in [0.4, 0.5) is 4.79 Å². The average Bonchev–Trinajstić information content (AvgIpc) is 3.29. The number of piperidine rings is 2. The molecule has 0 radical (unpaired) electrons. The second kappa shape index (κ2) is 11.7. The van der Waals surface area contributed by atoms with Crippen molar-refractivity contribution in [1.82, 2.24) is 15.1 Å².